The zero-order valence-corrected chi connectivity index (χ0v) is 15.9. The lowest BCUT2D eigenvalue weighted by Crippen LogP contribution is -2.12. The first-order valence-corrected chi connectivity index (χ1v) is 10.3. The summed E-state index contributed by atoms with van der Waals surface area (Å²) >= 11 is 3.78. The average molecular weight is 370 g/mol. The summed E-state index contributed by atoms with van der Waals surface area (Å²) in [6, 6.07) is 6.83. The SMILES string of the molecule is Cc1cn2nc(-c3cc4sc(C5CCOCC5)cc4s3)cc(C)c2n1. The minimum atomic E-state index is 0.674. The second-order valence-electron chi connectivity index (χ2n) is 6.74. The van der Waals surface area contributed by atoms with Gasteiger partial charge in [-0.25, -0.2) is 9.50 Å². The van der Waals surface area contributed by atoms with Crippen molar-refractivity contribution >= 4 is 37.7 Å². The Kier molecular flexibility index (Phi) is 3.66. The molecule has 6 heteroatoms. The summed E-state index contributed by atoms with van der Waals surface area (Å²) in [5.74, 6) is 0.674. The van der Waals surface area contributed by atoms with Gasteiger partial charge in [-0.15, -0.1) is 22.7 Å². The van der Waals surface area contributed by atoms with Gasteiger partial charge in [0.05, 0.1) is 16.8 Å². The van der Waals surface area contributed by atoms with Gasteiger partial charge >= 0.3 is 0 Å². The van der Waals surface area contributed by atoms with Gasteiger partial charge in [-0.05, 0) is 56.4 Å². The minimum Gasteiger partial charge on any atom is -0.381 e. The van der Waals surface area contributed by atoms with Crippen LogP contribution in [-0.4, -0.2) is 27.8 Å². The highest BCUT2D eigenvalue weighted by Gasteiger charge is 2.19. The van der Waals surface area contributed by atoms with Gasteiger partial charge in [0.1, 0.15) is 5.69 Å². The molecule has 5 rings (SSSR count). The van der Waals surface area contributed by atoms with Gasteiger partial charge in [-0.2, -0.15) is 5.10 Å². The molecular weight excluding hydrogens is 350 g/mol. The quantitative estimate of drug-likeness (QED) is 0.488. The van der Waals surface area contributed by atoms with Crippen LogP contribution < -0.4 is 0 Å². The Morgan fingerprint density at radius 3 is 2.68 bits per heavy atom. The van der Waals surface area contributed by atoms with E-state index in [-0.39, 0.29) is 0 Å². The Morgan fingerprint density at radius 1 is 1.08 bits per heavy atom. The van der Waals surface area contributed by atoms with E-state index in [4.69, 9.17) is 9.84 Å². The fraction of sp³-hybridized carbons (Fsp3) is 0.368. The maximum atomic E-state index is 5.49. The Bertz CT molecular complexity index is 1040. The maximum absolute atomic E-state index is 5.49. The summed E-state index contributed by atoms with van der Waals surface area (Å²) in [5.41, 5.74) is 4.14. The molecule has 0 N–H and O–H groups in total. The predicted octanol–water partition coefficient (Wildman–Crippen LogP) is 5.18. The normalized spacial score (nSPS) is 16.2. The summed E-state index contributed by atoms with van der Waals surface area (Å²) in [6.07, 6.45) is 4.29. The van der Waals surface area contributed by atoms with Crippen molar-refractivity contribution in [3.05, 3.63) is 40.5 Å². The van der Waals surface area contributed by atoms with Crippen LogP contribution >= 0.6 is 22.7 Å². The van der Waals surface area contributed by atoms with Crippen molar-refractivity contribution in [2.75, 3.05) is 13.2 Å². The van der Waals surface area contributed by atoms with Crippen LogP contribution in [0.2, 0.25) is 0 Å². The molecule has 128 valence electrons. The van der Waals surface area contributed by atoms with E-state index in [1.165, 1.54) is 19.2 Å². The lowest BCUT2D eigenvalue weighted by molar-refractivity contribution is 0.0860. The molecule has 0 bridgehead atoms. The topological polar surface area (TPSA) is 39.4 Å². The van der Waals surface area contributed by atoms with E-state index in [2.05, 4.69) is 30.1 Å². The molecule has 1 aliphatic heterocycles. The molecular formula is C19H19N3OS2. The van der Waals surface area contributed by atoms with E-state index >= 15 is 0 Å². The standard InChI is InChI=1S/C19H19N3OS2/c1-11-7-14(21-22-10-12(2)20-19(11)22)16-9-18-17(25-16)8-15(24-18)13-3-5-23-6-4-13/h7-10,13H,3-6H2,1-2H3. The number of hydrogen-bond acceptors (Lipinski definition) is 5. The van der Waals surface area contributed by atoms with E-state index in [0.29, 0.717) is 5.92 Å². The first-order valence-electron chi connectivity index (χ1n) is 8.62. The number of hydrogen-bond donors (Lipinski definition) is 0. The molecule has 0 saturated carbocycles. The van der Waals surface area contributed by atoms with Crippen LogP contribution in [0.3, 0.4) is 0 Å². The second kappa shape index (κ2) is 5.90. The van der Waals surface area contributed by atoms with E-state index in [9.17, 15) is 0 Å². The molecule has 0 spiro atoms. The number of imidazole rings is 1. The number of fused-ring (bicyclic) bond motifs is 2. The molecule has 0 unspecified atom stereocenters. The molecule has 0 atom stereocenters. The minimum absolute atomic E-state index is 0.674. The van der Waals surface area contributed by atoms with E-state index in [1.807, 2.05) is 40.3 Å². The van der Waals surface area contributed by atoms with Crippen molar-refractivity contribution in [3.8, 4) is 10.6 Å². The molecule has 5 heterocycles. The summed E-state index contributed by atoms with van der Waals surface area (Å²) in [4.78, 5) is 7.29. The first kappa shape index (κ1) is 15.5. The van der Waals surface area contributed by atoms with Crippen molar-refractivity contribution in [2.24, 2.45) is 0 Å². The van der Waals surface area contributed by atoms with Crippen molar-refractivity contribution in [2.45, 2.75) is 32.6 Å². The number of aromatic nitrogens is 3. The lowest BCUT2D eigenvalue weighted by atomic mass is 9.99. The summed E-state index contributed by atoms with van der Waals surface area (Å²) in [5, 5.41) is 4.77. The van der Waals surface area contributed by atoms with Gasteiger partial charge in [-0.1, -0.05) is 0 Å². The van der Waals surface area contributed by atoms with Gasteiger partial charge < -0.3 is 4.74 Å². The molecule has 1 aliphatic rings. The van der Waals surface area contributed by atoms with Crippen LogP contribution in [0.1, 0.15) is 34.9 Å². The Labute approximate surface area is 154 Å². The van der Waals surface area contributed by atoms with Crippen LogP contribution in [0, 0.1) is 13.8 Å². The predicted molar refractivity (Wildman–Crippen MR) is 104 cm³/mol. The lowest BCUT2D eigenvalue weighted by Gasteiger charge is -2.20. The van der Waals surface area contributed by atoms with Crippen LogP contribution in [0.5, 0.6) is 0 Å². The number of nitrogens with zero attached hydrogens (tertiary/aromatic N) is 3. The van der Waals surface area contributed by atoms with Gasteiger partial charge in [-0.3, -0.25) is 0 Å². The summed E-state index contributed by atoms with van der Waals surface area (Å²) < 4.78 is 10.2. The maximum Gasteiger partial charge on any atom is 0.156 e. The van der Waals surface area contributed by atoms with Crippen LogP contribution in [0.15, 0.2) is 24.4 Å². The Morgan fingerprint density at radius 2 is 1.88 bits per heavy atom. The second-order valence-corrected chi connectivity index (χ2v) is 8.94. The van der Waals surface area contributed by atoms with Crippen molar-refractivity contribution in [1.82, 2.24) is 14.6 Å². The van der Waals surface area contributed by atoms with Gasteiger partial charge in [0.25, 0.3) is 0 Å². The fourth-order valence-electron chi connectivity index (χ4n) is 3.53. The van der Waals surface area contributed by atoms with Crippen LogP contribution in [0.4, 0.5) is 0 Å². The van der Waals surface area contributed by atoms with Gasteiger partial charge in [0, 0.05) is 27.5 Å². The average Bonchev–Trinajstić information content (AvgIpc) is 3.27. The van der Waals surface area contributed by atoms with Gasteiger partial charge in [0.15, 0.2) is 5.65 Å². The monoisotopic (exact) mass is 369 g/mol. The third-order valence-electron chi connectivity index (χ3n) is 4.83. The highest BCUT2D eigenvalue weighted by molar-refractivity contribution is 7.29. The largest absolute Gasteiger partial charge is 0.381 e. The molecule has 0 amide bonds. The third-order valence-corrected chi connectivity index (χ3v) is 7.31. The zero-order chi connectivity index (χ0) is 17.0. The zero-order valence-electron chi connectivity index (χ0n) is 14.3. The number of thiophene rings is 2. The highest BCUT2D eigenvalue weighted by Crippen LogP contribution is 2.42. The third kappa shape index (κ3) is 2.69. The molecule has 0 radical (unpaired) electrons. The molecule has 4 aromatic rings. The number of aryl methyl sites for hydroxylation is 2. The molecule has 1 saturated heterocycles. The summed E-state index contributed by atoms with van der Waals surface area (Å²) in [6.45, 7) is 5.91. The highest BCUT2D eigenvalue weighted by atomic mass is 32.1. The fourth-order valence-corrected chi connectivity index (χ4v) is 6.06. The Balaban J connectivity index is 1.53. The number of rotatable bonds is 2. The molecule has 0 aromatic carbocycles. The van der Waals surface area contributed by atoms with E-state index in [0.717, 1.165) is 48.7 Å². The smallest absolute Gasteiger partial charge is 0.156 e. The van der Waals surface area contributed by atoms with Crippen molar-refractivity contribution < 1.29 is 4.74 Å². The van der Waals surface area contributed by atoms with Gasteiger partial charge in [0.2, 0.25) is 0 Å². The molecule has 25 heavy (non-hydrogen) atoms. The first-order chi connectivity index (χ1) is 12.2. The van der Waals surface area contributed by atoms with E-state index in [1.54, 1.807) is 0 Å². The van der Waals surface area contributed by atoms with E-state index < -0.39 is 0 Å². The summed E-state index contributed by atoms with van der Waals surface area (Å²) in [7, 11) is 0. The van der Waals surface area contributed by atoms with Crippen molar-refractivity contribution in [3.63, 3.8) is 0 Å². The molecule has 4 aromatic heterocycles. The van der Waals surface area contributed by atoms with Crippen LogP contribution in [-0.2, 0) is 4.74 Å². The Hall–Kier alpha value is -1.76. The molecule has 4 nitrogen and oxygen atoms in total. The number of ether oxygens (including phenoxy) is 1. The molecule has 0 aliphatic carbocycles. The molecule has 1 fully saturated rings. The van der Waals surface area contributed by atoms with Crippen LogP contribution in [0.25, 0.3) is 25.6 Å². The van der Waals surface area contributed by atoms with Crippen molar-refractivity contribution in [1.29, 1.82) is 0 Å².